The summed E-state index contributed by atoms with van der Waals surface area (Å²) in [5.74, 6) is 0.871. The highest BCUT2D eigenvalue weighted by Gasteiger charge is 2.23. The van der Waals surface area contributed by atoms with Gasteiger partial charge in [-0.3, -0.25) is 4.79 Å². The maximum atomic E-state index is 12.2. The van der Waals surface area contributed by atoms with Crippen LogP contribution in [-0.4, -0.2) is 11.8 Å². The predicted molar refractivity (Wildman–Crippen MR) is 70.2 cm³/mol. The van der Waals surface area contributed by atoms with E-state index < -0.39 is 0 Å². The van der Waals surface area contributed by atoms with Gasteiger partial charge in [0.25, 0.3) is 0 Å². The van der Waals surface area contributed by atoms with E-state index in [1.54, 1.807) is 0 Å². The fraction of sp³-hybridized carbons (Fsp3) is 0.533. The lowest BCUT2D eigenvalue weighted by Crippen LogP contribution is -2.18. The van der Waals surface area contributed by atoms with Gasteiger partial charge in [0.1, 0.15) is 0 Å². The molecule has 0 heterocycles. The standard InChI is InChI=1S/C15H21NO/c1-11(16)9-10-15(17)14-8-3-2-7-13(14)12-5-4-6-12/h2-3,7-8,11-12H,4-6,9-10,16H2,1H3. The monoisotopic (exact) mass is 231 g/mol. The van der Waals surface area contributed by atoms with Crippen molar-refractivity contribution in [2.75, 3.05) is 0 Å². The van der Waals surface area contributed by atoms with Crippen molar-refractivity contribution in [2.45, 2.75) is 51.0 Å². The van der Waals surface area contributed by atoms with Crippen LogP contribution in [0.3, 0.4) is 0 Å². The number of benzene rings is 1. The molecule has 0 aromatic heterocycles. The lowest BCUT2D eigenvalue weighted by molar-refractivity contribution is 0.0976. The van der Waals surface area contributed by atoms with Crippen LogP contribution < -0.4 is 5.73 Å². The van der Waals surface area contributed by atoms with Crippen molar-refractivity contribution in [2.24, 2.45) is 5.73 Å². The van der Waals surface area contributed by atoms with Gasteiger partial charge < -0.3 is 5.73 Å². The van der Waals surface area contributed by atoms with Gasteiger partial charge in [-0.25, -0.2) is 0 Å². The lowest BCUT2D eigenvalue weighted by Gasteiger charge is -2.27. The first-order chi connectivity index (χ1) is 8.18. The molecular weight excluding hydrogens is 210 g/mol. The average Bonchev–Trinajstić information content (AvgIpc) is 2.24. The fourth-order valence-electron chi connectivity index (χ4n) is 2.32. The maximum absolute atomic E-state index is 12.2. The Morgan fingerprint density at radius 1 is 1.41 bits per heavy atom. The molecule has 92 valence electrons. The summed E-state index contributed by atoms with van der Waals surface area (Å²) in [6.45, 7) is 1.95. The van der Waals surface area contributed by atoms with E-state index in [4.69, 9.17) is 5.73 Å². The quantitative estimate of drug-likeness (QED) is 0.790. The molecule has 17 heavy (non-hydrogen) atoms. The molecule has 1 unspecified atom stereocenters. The number of Topliss-reactive ketones (excluding diaryl/α,β-unsaturated/α-hetero) is 1. The second kappa shape index (κ2) is 5.46. The molecule has 1 aliphatic rings. The summed E-state index contributed by atoms with van der Waals surface area (Å²) in [7, 11) is 0. The van der Waals surface area contributed by atoms with Crippen LogP contribution in [0.5, 0.6) is 0 Å². The van der Waals surface area contributed by atoms with Crippen molar-refractivity contribution in [3.63, 3.8) is 0 Å². The number of nitrogens with two attached hydrogens (primary N) is 1. The third kappa shape index (κ3) is 2.95. The van der Waals surface area contributed by atoms with E-state index in [1.165, 1.54) is 24.8 Å². The van der Waals surface area contributed by atoms with Crippen LogP contribution in [0.2, 0.25) is 0 Å². The van der Waals surface area contributed by atoms with E-state index in [0.29, 0.717) is 12.3 Å². The Kier molecular flexibility index (Phi) is 3.95. The predicted octanol–water partition coefficient (Wildman–Crippen LogP) is 3.26. The summed E-state index contributed by atoms with van der Waals surface area (Å²) in [6.07, 6.45) is 5.11. The van der Waals surface area contributed by atoms with Gasteiger partial charge in [-0.2, -0.15) is 0 Å². The highest BCUT2D eigenvalue weighted by atomic mass is 16.1. The van der Waals surface area contributed by atoms with E-state index in [2.05, 4.69) is 6.07 Å². The van der Waals surface area contributed by atoms with E-state index in [9.17, 15) is 4.79 Å². The molecule has 2 nitrogen and oxygen atoms in total. The topological polar surface area (TPSA) is 43.1 Å². The first kappa shape index (κ1) is 12.3. The van der Waals surface area contributed by atoms with Crippen molar-refractivity contribution in [1.82, 2.24) is 0 Å². The highest BCUT2D eigenvalue weighted by molar-refractivity contribution is 5.97. The third-order valence-corrected chi connectivity index (χ3v) is 3.63. The van der Waals surface area contributed by atoms with Gasteiger partial charge in [0.05, 0.1) is 0 Å². The molecule has 0 radical (unpaired) electrons. The van der Waals surface area contributed by atoms with Crippen LogP contribution in [0.4, 0.5) is 0 Å². The van der Waals surface area contributed by atoms with Crippen LogP contribution in [-0.2, 0) is 0 Å². The van der Waals surface area contributed by atoms with E-state index in [1.807, 2.05) is 25.1 Å². The molecule has 0 amide bonds. The molecule has 1 saturated carbocycles. The van der Waals surface area contributed by atoms with Gasteiger partial charge in [0, 0.05) is 18.0 Å². The maximum Gasteiger partial charge on any atom is 0.163 e. The summed E-state index contributed by atoms with van der Waals surface area (Å²) in [6, 6.07) is 8.19. The number of hydrogen-bond acceptors (Lipinski definition) is 2. The second-order valence-corrected chi connectivity index (χ2v) is 5.15. The molecule has 2 N–H and O–H groups in total. The molecule has 1 atom stereocenters. The van der Waals surface area contributed by atoms with Gasteiger partial charge in [-0.05, 0) is 37.7 Å². The van der Waals surface area contributed by atoms with Crippen molar-refractivity contribution in [3.8, 4) is 0 Å². The largest absolute Gasteiger partial charge is 0.328 e. The molecule has 2 heteroatoms. The molecule has 1 fully saturated rings. The summed E-state index contributed by atoms with van der Waals surface area (Å²) in [5.41, 5.74) is 7.89. The van der Waals surface area contributed by atoms with E-state index in [-0.39, 0.29) is 11.8 Å². The molecule has 0 bridgehead atoms. The van der Waals surface area contributed by atoms with E-state index >= 15 is 0 Å². The minimum absolute atomic E-state index is 0.106. The molecule has 0 aliphatic heterocycles. The zero-order valence-electron chi connectivity index (χ0n) is 10.5. The SMILES string of the molecule is CC(N)CCC(=O)c1ccccc1C1CCC1. The van der Waals surface area contributed by atoms with Crippen LogP contribution >= 0.6 is 0 Å². The Morgan fingerprint density at radius 2 is 2.12 bits per heavy atom. The number of carbonyl (C=O) groups excluding carboxylic acids is 1. The van der Waals surface area contributed by atoms with Gasteiger partial charge in [-0.15, -0.1) is 0 Å². The zero-order chi connectivity index (χ0) is 12.3. The number of carbonyl (C=O) groups is 1. The summed E-state index contributed by atoms with van der Waals surface area (Å²) in [4.78, 5) is 12.2. The van der Waals surface area contributed by atoms with Crippen LogP contribution in [0.1, 0.15) is 60.9 Å². The normalized spacial score (nSPS) is 17.5. The molecule has 2 rings (SSSR count). The van der Waals surface area contributed by atoms with Gasteiger partial charge >= 0.3 is 0 Å². The highest BCUT2D eigenvalue weighted by Crippen LogP contribution is 2.38. The minimum Gasteiger partial charge on any atom is -0.328 e. The second-order valence-electron chi connectivity index (χ2n) is 5.15. The number of ketones is 1. The fourth-order valence-corrected chi connectivity index (χ4v) is 2.32. The molecule has 0 saturated heterocycles. The summed E-state index contributed by atoms with van der Waals surface area (Å²) < 4.78 is 0. The van der Waals surface area contributed by atoms with Crippen molar-refractivity contribution in [3.05, 3.63) is 35.4 Å². The van der Waals surface area contributed by atoms with Crippen LogP contribution in [0.25, 0.3) is 0 Å². The van der Waals surface area contributed by atoms with Gasteiger partial charge in [0.15, 0.2) is 5.78 Å². The van der Waals surface area contributed by atoms with E-state index in [0.717, 1.165) is 12.0 Å². The van der Waals surface area contributed by atoms with Crippen molar-refractivity contribution < 1.29 is 4.79 Å². The zero-order valence-corrected chi connectivity index (χ0v) is 10.5. The summed E-state index contributed by atoms with van der Waals surface area (Å²) >= 11 is 0. The van der Waals surface area contributed by atoms with Gasteiger partial charge in [0.2, 0.25) is 0 Å². The molecule has 1 aromatic rings. The smallest absolute Gasteiger partial charge is 0.163 e. The molecule has 1 aliphatic carbocycles. The Balaban J connectivity index is 2.10. The molecule has 0 spiro atoms. The molecular formula is C15H21NO. The summed E-state index contributed by atoms with van der Waals surface area (Å²) in [5, 5.41) is 0. The average molecular weight is 231 g/mol. The third-order valence-electron chi connectivity index (χ3n) is 3.63. The minimum atomic E-state index is 0.106. The Labute approximate surface area is 103 Å². The molecule has 1 aromatic carbocycles. The number of rotatable bonds is 5. The van der Waals surface area contributed by atoms with Crippen LogP contribution in [0, 0.1) is 0 Å². The number of hydrogen-bond donors (Lipinski definition) is 1. The lowest BCUT2D eigenvalue weighted by atomic mass is 9.77. The first-order valence-electron chi connectivity index (χ1n) is 6.56. The Hall–Kier alpha value is -1.15. The Morgan fingerprint density at radius 3 is 2.71 bits per heavy atom. The van der Waals surface area contributed by atoms with Crippen LogP contribution in [0.15, 0.2) is 24.3 Å². The van der Waals surface area contributed by atoms with Crippen molar-refractivity contribution >= 4 is 5.78 Å². The van der Waals surface area contributed by atoms with Gasteiger partial charge in [-0.1, -0.05) is 30.7 Å². The van der Waals surface area contributed by atoms with Crippen molar-refractivity contribution in [1.29, 1.82) is 0 Å². The first-order valence-corrected chi connectivity index (χ1v) is 6.56. The Bertz CT molecular complexity index is 394.